The molecule has 9 heteroatoms. The van der Waals surface area contributed by atoms with Gasteiger partial charge in [0.25, 0.3) is 5.91 Å². The molecule has 2 aromatic rings. The van der Waals surface area contributed by atoms with Gasteiger partial charge < -0.3 is 14.8 Å². The van der Waals surface area contributed by atoms with E-state index < -0.39 is 10.0 Å². The van der Waals surface area contributed by atoms with E-state index >= 15 is 0 Å². The zero-order valence-corrected chi connectivity index (χ0v) is 17.0. The molecule has 0 heterocycles. The van der Waals surface area contributed by atoms with Crippen LogP contribution in [-0.4, -0.2) is 47.7 Å². The lowest BCUT2D eigenvalue weighted by Gasteiger charge is -2.09. The molecule has 0 radical (unpaired) electrons. The van der Waals surface area contributed by atoms with Gasteiger partial charge >= 0.3 is 0 Å². The fourth-order valence-corrected chi connectivity index (χ4v) is 3.48. The molecule has 0 unspecified atom stereocenters. The van der Waals surface area contributed by atoms with E-state index in [1.165, 1.54) is 37.4 Å². The molecule has 7 nitrogen and oxygen atoms in total. The predicted octanol–water partition coefficient (Wildman–Crippen LogP) is 2.34. The highest BCUT2D eigenvalue weighted by atomic mass is 32.2. The summed E-state index contributed by atoms with van der Waals surface area (Å²) in [7, 11) is -2.22. The molecule has 1 amide bonds. The van der Waals surface area contributed by atoms with Gasteiger partial charge in [-0.3, -0.25) is 4.79 Å². The number of hydrogen-bond acceptors (Lipinski definition) is 5. The lowest BCUT2D eigenvalue weighted by atomic mass is 10.2. The summed E-state index contributed by atoms with van der Waals surface area (Å²) in [6, 6.07) is 11.6. The Morgan fingerprint density at radius 3 is 2.52 bits per heavy atom. The smallest absolute Gasteiger partial charge is 0.251 e. The highest BCUT2D eigenvalue weighted by molar-refractivity contribution is 7.89. The minimum Gasteiger partial charge on any atom is -0.494 e. The Hall–Kier alpha value is -2.49. The molecule has 0 fully saturated rings. The third-order valence-electron chi connectivity index (χ3n) is 3.94. The second-order valence-electron chi connectivity index (χ2n) is 6.18. The summed E-state index contributed by atoms with van der Waals surface area (Å²) in [5.41, 5.74) is 0.266. The lowest BCUT2D eigenvalue weighted by molar-refractivity contribution is 0.0952. The van der Waals surface area contributed by atoms with Crippen LogP contribution in [-0.2, 0) is 14.8 Å². The standard InChI is InChI=1S/C20H25FN2O5S/c1-27-14-12-23-29(25,26)19-6-4-5-16(15-19)20(24)22-11-2-3-13-28-18-9-7-17(21)8-10-18/h4-10,15,23H,2-3,11-14H2,1H3,(H,22,24). The first-order valence-electron chi connectivity index (χ1n) is 9.17. The fraction of sp³-hybridized carbons (Fsp3) is 0.350. The number of rotatable bonds is 12. The van der Waals surface area contributed by atoms with Crippen molar-refractivity contribution >= 4 is 15.9 Å². The minimum atomic E-state index is -3.70. The summed E-state index contributed by atoms with van der Waals surface area (Å²) in [4.78, 5) is 12.3. The van der Waals surface area contributed by atoms with Gasteiger partial charge in [0.15, 0.2) is 0 Å². The van der Waals surface area contributed by atoms with Crippen LogP contribution in [0.4, 0.5) is 4.39 Å². The van der Waals surface area contributed by atoms with E-state index in [0.717, 1.165) is 0 Å². The van der Waals surface area contributed by atoms with Crippen molar-refractivity contribution in [3.63, 3.8) is 0 Å². The first-order chi connectivity index (χ1) is 13.9. The molecule has 0 atom stereocenters. The van der Waals surface area contributed by atoms with E-state index in [-0.39, 0.29) is 35.3 Å². The third-order valence-corrected chi connectivity index (χ3v) is 5.40. The van der Waals surface area contributed by atoms with E-state index in [0.29, 0.717) is 31.7 Å². The molecule has 0 spiro atoms. The number of halogens is 1. The van der Waals surface area contributed by atoms with Crippen LogP contribution in [0, 0.1) is 5.82 Å². The van der Waals surface area contributed by atoms with Gasteiger partial charge in [0.1, 0.15) is 11.6 Å². The van der Waals surface area contributed by atoms with Gasteiger partial charge in [-0.15, -0.1) is 0 Å². The van der Waals surface area contributed by atoms with E-state index in [4.69, 9.17) is 9.47 Å². The normalized spacial score (nSPS) is 11.2. The average Bonchev–Trinajstić information content (AvgIpc) is 2.72. The number of methoxy groups -OCH3 is 1. The molecule has 2 N–H and O–H groups in total. The number of nitrogens with one attached hydrogen (secondary N) is 2. The molecular weight excluding hydrogens is 399 g/mol. The highest BCUT2D eigenvalue weighted by Crippen LogP contribution is 2.12. The maximum atomic E-state index is 12.8. The summed E-state index contributed by atoms with van der Waals surface area (Å²) in [6.45, 7) is 1.27. The van der Waals surface area contributed by atoms with Crippen molar-refractivity contribution in [2.45, 2.75) is 17.7 Å². The van der Waals surface area contributed by atoms with Gasteiger partial charge in [-0.2, -0.15) is 0 Å². The average molecular weight is 424 g/mol. The molecule has 2 rings (SSSR count). The Bertz CT molecular complexity index is 888. The van der Waals surface area contributed by atoms with E-state index in [1.54, 1.807) is 18.2 Å². The second-order valence-corrected chi connectivity index (χ2v) is 7.95. The van der Waals surface area contributed by atoms with E-state index in [2.05, 4.69) is 10.0 Å². The van der Waals surface area contributed by atoms with E-state index in [1.807, 2.05) is 0 Å². The highest BCUT2D eigenvalue weighted by Gasteiger charge is 2.15. The van der Waals surface area contributed by atoms with Crippen LogP contribution in [0.2, 0.25) is 0 Å². The molecule has 0 aliphatic heterocycles. The molecule has 0 aliphatic rings. The van der Waals surface area contributed by atoms with Crippen molar-refractivity contribution in [3.8, 4) is 5.75 Å². The molecule has 0 aliphatic carbocycles. The quantitative estimate of drug-likeness (QED) is 0.510. The van der Waals surface area contributed by atoms with Crippen molar-refractivity contribution in [2.75, 3.05) is 33.4 Å². The van der Waals surface area contributed by atoms with Gasteiger partial charge in [0, 0.05) is 25.8 Å². The first-order valence-corrected chi connectivity index (χ1v) is 10.7. The number of carbonyl (C=O) groups is 1. The summed E-state index contributed by atoms with van der Waals surface area (Å²) >= 11 is 0. The molecule has 2 aromatic carbocycles. The minimum absolute atomic E-state index is 0.0222. The van der Waals surface area contributed by atoms with E-state index in [9.17, 15) is 17.6 Å². The number of carbonyl (C=O) groups excluding carboxylic acids is 1. The van der Waals surface area contributed by atoms with Crippen LogP contribution in [0.1, 0.15) is 23.2 Å². The molecule has 0 aromatic heterocycles. The van der Waals surface area contributed by atoms with Crippen molar-refractivity contribution in [2.24, 2.45) is 0 Å². The molecule has 158 valence electrons. The maximum absolute atomic E-state index is 12.8. The molecular formula is C20H25FN2O5S. The lowest BCUT2D eigenvalue weighted by Crippen LogP contribution is -2.28. The van der Waals surface area contributed by atoms with Crippen molar-refractivity contribution in [1.82, 2.24) is 10.0 Å². The van der Waals surface area contributed by atoms with Crippen molar-refractivity contribution < 1.29 is 27.1 Å². The third kappa shape index (κ3) is 7.80. The summed E-state index contributed by atoms with van der Waals surface area (Å²) in [5.74, 6) is -0.0753. The van der Waals surface area contributed by atoms with Gasteiger partial charge in [-0.25, -0.2) is 17.5 Å². The predicted molar refractivity (Wildman–Crippen MR) is 107 cm³/mol. The Morgan fingerprint density at radius 2 is 1.79 bits per heavy atom. The Labute approximate surface area is 170 Å². The number of ether oxygens (including phenoxy) is 2. The Morgan fingerprint density at radius 1 is 1.03 bits per heavy atom. The molecule has 29 heavy (non-hydrogen) atoms. The van der Waals surface area contributed by atoms with Gasteiger partial charge in [-0.1, -0.05) is 6.07 Å². The maximum Gasteiger partial charge on any atom is 0.251 e. The Kier molecular flexibility index (Phi) is 9.04. The van der Waals surface area contributed by atoms with Crippen LogP contribution in [0.3, 0.4) is 0 Å². The Balaban J connectivity index is 1.75. The SMILES string of the molecule is COCCNS(=O)(=O)c1cccc(C(=O)NCCCCOc2ccc(F)cc2)c1. The van der Waals surface area contributed by atoms with Crippen LogP contribution >= 0.6 is 0 Å². The molecule has 0 saturated heterocycles. The van der Waals surface area contributed by atoms with Crippen LogP contribution in [0.15, 0.2) is 53.4 Å². The largest absolute Gasteiger partial charge is 0.494 e. The summed E-state index contributed by atoms with van der Waals surface area (Å²) in [5, 5.41) is 2.76. The summed E-state index contributed by atoms with van der Waals surface area (Å²) < 4.78 is 50.0. The van der Waals surface area contributed by atoms with Crippen molar-refractivity contribution in [3.05, 3.63) is 59.9 Å². The number of unbranched alkanes of at least 4 members (excludes halogenated alkanes) is 1. The van der Waals surface area contributed by atoms with Crippen LogP contribution < -0.4 is 14.8 Å². The molecule has 0 saturated carbocycles. The first kappa shape index (κ1) is 22.8. The number of benzene rings is 2. The fourth-order valence-electron chi connectivity index (χ4n) is 2.42. The number of hydrogen-bond donors (Lipinski definition) is 2. The molecule has 0 bridgehead atoms. The summed E-state index contributed by atoms with van der Waals surface area (Å²) in [6.07, 6.45) is 1.39. The van der Waals surface area contributed by atoms with Crippen molar-refractivity contribution in [1.29, 1.82) is 0 Å². The number of sulfonamides is 1. The number of amides is 1. The van der Waals surface area contributed by atoms with Gasteiger partial charge in [-0.05, 0) is 55.3 Å². The second kappa shape index (κ2) is 11.5. The van der Waals surface area contributed by atoms with Crippen LogP contribution in [0.25, 0.3) is 0 Å². The zero-order chi connectivity index (χ0) is 21.1. The topological polar surface area (TPSA) is 93.7 Å². The van der Waals surface area contributed by atoms with Gasteiger partial charge in [0.05, 0.1) is 18.1 Å². The monoisotopic (exact) mass is 424 g/mol. The zero-order valence-electron chi connectivity index (χ0n) is 16.2. The van der Waals surface area contributed by atoms with Crippen LogP contribution in [0.5, 0.6) is 5.75 Å². The van der Waals surface area contributed by atoms with Gasteiger partial charge in [0.2, 0.25) is 10.0 Å².